The van der Waals surface area contributed by atoms with E-state index in [-0.39, 0.29) is 6.10 Å². The van der Waals surface area contributed by atoms with Crippen molar-refractivity contribution in [2.45, 2.75) is 30.8 Å². The Labute approximate surface area is 96.2 Å². The van der Waals surface area contributed by atoms with E-state index in [1.165, 1.54) is 4.90 Å². The Morgan fingerprint density at radius 2 is 2.07 bits per heavy atom. The molecule has 0 aliphatic rings. The Hall–Kier alpha value is -0.730. The highest BCUT2D eigenvalue weighted by Gasteiger charge is 2.05. The summed E-state index contributed by atoms with van der Waals surface area (Å²) in [4.78, 5) is 1.26. The molecule has 1 aromatic carbocycles. The summed E-state index contributed by atoms with van der Waals surface area (Å²) in [5.41, 5.74) is 0.998. The molecule has 0 fully saturated rings. The normalized spacial score (nSPS) is 12.4. The number of hydrogen-bond acceptors (Lipinski definition) is 2. The highest BCUT2D eigenvalue weighted by Crippen LogP contribution is 2.23. The quantitative estimate of drug-likeness (QED) is 0.583. The molecule has 1 atom stereocenters. The van der Waals surface area contributed by atoms with Crippen molar-refractivity contribution in [3.8, 4) is 0 Å². The number of aliphatic hydroxyl groups excluding tert-OH is 1. The molecule has 1 rings (SSSR count). The number of hydrogen-bond donors (Lipinski definition) is 1. The van der Waals surface area contributed by atoms with Gasteiger partial charge in [0.25, 0.3) is 0 Å². The van der Waals surface area contributed by atoms with Gasteiger partial charge in [0.15, 0.2) is 0 Å². The van der Waals surface area contributed by atoms with Crippen LogP contribution in [0.2, 0.25) is 0 Å². The largest absolute Gasteiger partial charge is 0.388 e. The molecule has 1 nitrogen and oxygen atoms in total. The number of benzene rings is 1. The van der Waals surface area contributed by atoms with Gasteiger partial charge in [-0.3, -0.25) is 0 Å². The fourth-order valence-corrected chi connectivity index (χ4v) is 2.06. The van der Waals surface area contributed by atoms with Crippen molar-refractivity contribution in [3.63, 3.8) is 0 Å². The van der Waals surface area contributed by atoms with Gasteiger partial charge in [0, 0.05) is 4.90 Å². The molecule has 1 N–H and O–H groups in total. The van der Waals surface area contributed by atoms with Gasteiger partial charge in [-0.1, -0.05) is 25.1 Å². The number of allylic oxidation sites excluding steroid dienone is 1. The van der Waals surface area contributed by atoms with Gasteiger partial charge >= 0.3 is 0 Å². The Bertz CT molecular complexity index is 292. The molecule has 0 aliphatic heterocycles. The van der Waals surface area contributed by atoms with E-state index in [1.54, 1.807) is 0 Å². The van der Waals surface area contributed by atoms with Gasteiger partial charge in [0.05, 0.1) is 6.10 Å². The Balaban J connectivity index is 2.58. The third kappa shape index (κ3) is 4.10. The average Bonchev–Trinajstić information content (AvgIpc) is 2.27. The summed E-state index contributed by atoms with van der Waals surface area (Å²) in [5, 5.41) is 9.82. The zero-order chi connectivity index (χ0) is 11.1. The van der Waals surface area contributed by atoms with Crippen LogP contribution in [0.5, 0.6) is 0 Å². The molecule has 0 radical (unpaired) electrons. The average molecular weight is 222 g/mol. The Morgan fingerprint density at radius 3 is 2.60 bits per heavy atom. The lowest BCUT2D eigenvalue weighted by Crippen LogP contribution is -1.96. The van der Waals surface area contributed by atoms with E-state index in [9.17, 15) is 5.11 Å². The molecule has 1 unspecified atom stereocenters. The fraction of sp³-hybridized carbons (Fsp3) is 0.385. The van der Waals surface area contributed by atoms with Gasteiger partial charge in [-0.05, 0) is 36.3 Å². The van der Waals surface area contributed by atoms with Gasteiger partial charge in [-0.25, -0.2) is 0 Å². The van der Waals surface area contributed by atoms with E-state index in [4.69, 9.17) is 0 Å². The molecule has 0 spiro atoms. The summed E-state index contributed by atoms with van der Waals surface area (Å²) >= 11 is 1.82. The van der Waals surface area contributed by atoms with Crippen molar-refractivity contribution in [1.82, 2.24) is 0 Å². The van der Waals surface area contributed by atoms with Crippen LogP contribution < -0.4 is 0 Å². The van der Waals surface area contributed by atoms with Crippen LogP contribution in [-0.4, -0.2) is 10.9 Å². The van der Waals surface area contributed by atoms with Crippen LogP contribution in [-0.2, 0) is 0 Å². The highest BCUT2D eigenvalue weighted by molar-refractivity contribution is 7.99. The van der Waals surface area contributed by atoms with Crippen molar-refractivity contribution in [3.05, 3.63) is 42.5 Å². The first-order chi connectivity index (χ1) is 7.27. The van der Waals surface area contributed by atoms with Gasteiger partial charge in [0.2, 0.25) is 0 Å². The summed E-state index contributed by atoms with van der Waals surface area (Å²) in [6.07, 6.45) is 3.09. The lowest BCUT2D eigenvalue weighted by Gasteiger charge is -2.10. The Kier molecular flexibility index (Phi) is 5.51. The van der Waals surface area contributed by atoms with Gasteiger partial charge in [-0.2, -0.15) is 0 Å². The monoisotopic (exact) mass is 222 g/mol. The summed E-state index contributed by atoms with van der Waals surface area (Å²) < 4.78 is 0. The molecule has 82 valence electrons. The van der Waals surface area contributed by atoms with Crippen LogP contribution in [0.25, 0.3) is 0 Å². The smallest absolute Gasteiger partial charge is 0.0793 e. The second kappa shape index (κ2) is 6.70. The van der Waals surface area contributed by atoms with Crippen LogP contribution in [0.3, 0.4) is 0 Å². The minimum Gasteiger partial charge on any atom is -0.388 e. The van der Waals surface area contributed by atoms with E-state index in [2.05, 4.69) is 25.6 Å². The summed E-state index contributed by atoms with van der Waals surface area (Å²) in [6.45, 7) is 5.79. The maximum absolute atomic E-state index is 9.82. The fourth-order valence-electron chi connectivity index (χ4n) is 1.40. The number of aliphatic hydroxyl groups is 1. The zero-order valence-electron chi connectivity index (χ0n) is 9.15. The van der Waals surface area contributed by atoms with Gasteiger partial charge in [0.1, 0.15) is 0 Å². The molecule has 2 heteroatoms. The molecule has 0 aromatic heterocycles. The SMILES string of the molecule is C=CCCC(O)c1ccc(SCC)cc1. The summed E-state index contributed by atoms with van der Waals surface area (Å²) in [6, 6.07) is 8.15. The van der Waals surface area contributed by atoms with Crippen molar-refractivity contribution in [1.29, 1.82) is 0 Å². The van der Waals surface area contributed by atoms with Crippen LogP contribution in [0.4, 0.5) is 0 Å². The van der Waals surface area contributed by atoms with Crippen molar-refractivity contribution in [2.75, 3.05) is 5.75 Å². The van der Waals surface area contributed by atoms with Gasteiger partial charge < -0.3 is 5.11 Å². The number of rotatable bonds is 6. The van der Waals surface area contributed by atoms with E-state index >= 15 is 0 Å². The molecule has 0 aliphatic carbocycles. The third-order valence-corrected chi connectivity index (χ3v) is 3.11. The van der Waals surface area contributed by atoms with E-state index in [0.29, 0.717) is 0 Å². The second-order valence-electron chi connectivity index (χ2n) is 3.38. The topological polar surface area (TPSA) is 20.2 Å². The molecular formula is C13H18OS. The minimum absolute atomic E-state index is 0.358. The van der Waals surface area contributed by atoms with E-state index in [1.807, 2.05) is 30.0 Å². The van der Waals surface area contributed by atoms with Crippen LogP contribution in [0.1, 0.15) is 31.4 Å². The first kappa shape index (κ1) is 12.3. The third-order valence-electron chi connectivity index (χ3n) is 2.22. The predicted molar refractivity (Wildman–Crippen MR) is 67.2 cm³/mol. The van der Waals surface area contributed by atoms with Crippen LogP contribution in [0, 0.1) is 0 Å². The minimum atomic E-state index is -0.358. The van der Waals surface area contributed by atoms with Crippen molar-refractivity contribution in [2.24, 2.45) is 0 Å². The second-order valence-corrected chi connectivity index (χ2v) is 4.72. The molecule has 0 heterocycles. The molecule has 0 bridgehead atoms. The molecular weight excluding hydrogens is 204 g/mol. The maximum atomic E-state index is 9.82. The maximum Gasteiger partial charge on any atom is 0.0793 e. The lowest BCUT2D eigenvalue weighted by molar-refractivity contribution is 0.168. The van der Waals surface area contributed by atoms with Crippen LogP contribution >= 0.6 is 11.8 Å². The molecule has 1 aromatic rings. The van der Waals surface area contributed by atoms with Gasteiger partial charge in [-0.15, -0.1) is 18.3 Å². The first-order valence-corrected chi connectivity index (χ1v) is 6.28. The molecule has 0 saturated carbocycles. The summed E-state index contributed by atoms with van der Waals surface area (Å²) in [5.74, 6) is 1.08. The first-order valence-electron chi connectivity index (χ1n) is 5.29. The molecule has 0 saturated heterocycles. The van der Waals surface area contributed by atoms with E-state index < -0.39 is 0 Å². The van der Waals surface area contributed by atoms with Crippen LogP contribution in [0.15, 0.2) is 41.8 Å². The highest BCUT2D eigenvalue weighted by atomic mass is 32.2. The number of thioether (sulfide) groups is 1. The predicted octanol–water partition coefficient (Wildman–Crippen LogP) is 3.80. The zero-order valence-corrected chi connectivity index (χ0v) is 9.96. The molecule has 0 amide bonds. The lowest BCUT2D eigenvalue weighted by atomic mass is 10.1. The standard InChI is InChI=1S/C13H18OS/c1-3-5-6-13(14)11-7-9-12(10-8-11)15-4-2/h3,7-10,13-14H,1,4-6H2,2H3. The van der Waals surface area contributed by atoms with E-state index in [0.717, 1.165) is 24.2 Å². The molecule has 15 heavy (non-hydrogen) atoms. The Morgan fingerprint density at radius 1 is 1.40 bits per heavy atom. The van der Waals surface area contributed by atoms with Crippen molar-refractivity contribution < 1.29 is 5.11 Å². The summed E-state index contributed by atoms with van der Waals surface area (Å²) in [7, 11) is 0. The van der Waals surface area contributed by atoms with Crippen molar-refractivity contribution >= 4 is 11.8 Å².